The minimum Gasteiger partial charge on any atom is -0.394 e. The molecule has 0 unspecified atom stereocenters. The summed E-state index contributed by atoms with van der Waals surface area (Å²) in [5, 5.41) is 21.0. The topological polar surface area (TPSA) is 61.8 Å². The molecule has 0 radical (unpaired) electrons. The van der Waals surface area contributed by atoms with Gasteiger partial charge in [-0.15, -0.1) is 0 Å². The maximum absolute atomic E-state index is 8.55. The third kappa shape index (κ3) is 3.26. The van der Waals surface area contributed by atoms with Crippen LogP contribution < -0.4 is 0 Å². The maximum atomic E-state index is 8.55. The summed E-state index contributed by atoms with van der Waals surface area (Å²) in [5.74, 6) is 0. The smallest absolute Gasteiger partial charge is 0.165 e. The number of hydrogen-bond donors (Lipinski definition) is 1. The first-order chi connectivity index (χ1) is 6.27. The van der Waals surface area contributed by atoms with Crippen molar-refractivity contribution < 1.29 is 5.11 Å². The van der Waals surface area contributed by atoms with Crippen molar-refractivity contribution in [2.24, 2.45) is 0 Å². The Morgan fingerprint density at radius 3 is 2.62 bits per heavy atom. The fraction of sp³-hybridized carbons (Fsp3) is 0.556. The number of hydrogen-bond acceptors (Lipinski definition) is 3. The standard InChI is InChI=1S/C7H9N3O.C2H6/c1-6-5-10(2-3-11)9-7(6)4-8;1-2/h5,11H,2-3H2,1H3;1-2H3. The Morgan fingerprint density at radius 2 is 2.23 bits per heavy atom. The third-order valence-electron chi connectivity index (χ3n) is 1.38. The van der Waals surface area contributed by atoms with Crippen molar-refractivity contribution in [2.75, 3.05) is 6.61 Å². The van der Waals surface area contributed by atoms with Gasteiger partial charge in [0.15, 0.2) is 5.69 Å². The van der Waals surface area contributed by atoms with Gasteiger partial charge in [0, 0.05) is 11.8 Å². The Hall–Kier alpha value is -1.34. The van der Waals surface area contributed by atoms with Crippen LogP contribution in [0.5, 0.6) is 0 Å². The number of nitrogens with zero attached hydrogens (tertiary/aromatic N) is 3. The number of aliphatic hydroxyl groups is 1. The summed E-state index contributed by atoms with van der Waals surface area (Å²) in [6.45, 7) is 6.31. The lowest BCUT2D eigenvalue weighted by Crippen LogP contribution is -2.02. The second-order valence-electron chi connectivity index (χ2n) is 2.26. The minimum absolute atomic E-state index is 0.0476. The molecule has 4 heteroatoms. The fourth-order valence-electron chi connectivity index (χ4n) is 0.848. The van der Waals surface area contributed by atoms with E-state index in [4.69, 9.17) is 10.4 Å². The van der Waals surface area contributed by atoms with Gasteiger partial charge in [-0.25, -0.2) is 0 Å². The number of aromatic nitrogens is 2. The summed E-state index contributed by atoms with van der Waals surface area (Å²) >= 11 is 0. The van der Waals surface area contributed by atoms with Gasteiger partial charge in [0.2, 0.25) is 0 Å². The van der Waals surface area contributed by atoms with E-state index in [9.17, 15) is 0 Å². The van der Waals surface area contributed by atoms with Gasteiger partial charge in [0.25, 0.3) is 0 Å². The molecule has 1 N–H and O–H groups in total. The van der Waals surface area contributed by atoms with Crippen molar-refractivity contribution in [2.45, 2.75) is 27.3 Å². The van der Waals surface area contributed by atoms with E-state index >= 15 is 0 Å². The van der Waals surface area contributed by atoms with Crippen molar-refractivity contribution in [3.63, 3.8) is 0 Å². The summed E-state index contributed by atoms with van der Waals surface area (Å²) in [6.07, 6.45) is 1.74. The summed E-state index contributed by atoms with van der Waals surface area (Å²) in [4.78, 5) is 0. The van der Waals surface area contributed by atoms with Crippen molar-refractivity contribution in [1.82, 2.24) is 9.78 Å². The predicted octanol–water partition coefficient (Wildman–Crippen LogP) is 1.08. The first-order valence-electron chi connectivity index (χ1n) is 4.33. The van der Waals surface area contributed by atoms with Crippen LogP contribution in [0.2, 0.25) is 0 Å². The number of aliphatic hydroxyl groups excluding tert-OH is 1. The molecular formula is C9H15N3O. The van der Waals surface area contributed by atoms with E-state index in [0.29, 0.717) is 12.2 Å². The minimum atomic E-state index is 0.0476. The van der Waals surface area contributed by atoms with Gasteiger partial charge in [-0.3, -0.25) is 4.68 Å². The average Bonchev–Trinajstić information content (AvgIpc) is 2.50. The number of rotatable bonds is 2. The van der Waals surface area contributed by atoms with Gasteiger partial charge in [-0.1, -0.05) is 13.8 Å². The summed E-state index contributed by atoms with van der Waals surface area (Å²) in [5.41, 5.74) is 1.28. The molecular weight excluding hydrogens is 166 g/mol. The van der Waals surface area contributed by atoms with Gasteiger partial charge in [-0.2, -0.15) is 10.4 Å². The van der Waals surface area contributed by atoms with Crippen molar-refractivity contribution in [3.05, 3.63) is 17.5 Å². The zero-order chi connectivity index (χ0) is 10.3. The predicted molar refractivity (Wildman–Crippen MR) is 50.1 cm³/mol. The largest absolute Gasteiger partial charge is 0.394 e. The van der Waals surface area contributed by atoms with E-state index in [1.54, 1.807) is 10.9 Å². The molecule has 1 aromatic heterocycles. The highest BCUT2D eigenvalue weighted by atomic mass is 16.3. The van der Waals surface area contributed by atoms with Crippen LogP contribution in [0.4, 0.5) is 0 Å². The molecule has 1 rings (SSSR count). The number of aryl methyl sites for hydroxylation is 1. The Morgan fingerprint density at radius 1 is 1.62 bits per heavy atom. The molecule has 0 saturated carbocycles. The molecule has 1 heterocycles. The molecule has 0 fully saturated rings. The molecule has 0 saturated heterocycles. The lowest BCUT2D eigenvalue weighted by molar-refractivity contribution is 0.269. The van der Waals surface area contributed by atoms with Crippen molar-refractivity contribution in [1.29, 1.82) is 5.26 Å². The first-order valence-corrected chi connectivity index (χ1v) is 4.33. The Balaban J connectivity index is 0.000000671. The van der Waals surface area contributed by atoms with Gasteiger partial charge in [0.1, 0.15) is 6.07 Å². The number of nitriles is 1. The highest BCUT2D eigenvalue weighted by molar-refractivity contribution is 5.27. The summed E-state index contributed by atoms with van der Waals surface area (Å²) in [7, 11) is 0. The lowest BCUT2D eigenvalue weighted by atomic mass is 10.3. The van der Waals surface area contributed by atoms with Crippen LogP contribution in [0, 0.1) is 18.3 Å². The lowest BCUT2D eigenvalue weighted by Gasteiger charge is -1.93. The molecule has 0 aliphatic carbocycles. The Labute approximate surface area is 78.4 Å². The molecule has 13 heavy (non-hydrogen) atoms. The van der Waals surface area contributed by atoms with E-state index in [-0.39, 0.29) is 6.61 Å². The van der Waals surface area contributed by atoms with E-state index in [2.05, 4.69) is 5.10 Å². The second-order valence-corrected chi connectivity index (χ2v) is 2.26. The molecule has 0 bridgehead atoms. The Kier molecular flexibility index (Phi) is 5.57. The highest BCUT2D eigenvalue weighted by Crippen LogP contribution is 2.02. The van der Waals surface area contributed by atoms with E-state index in [1.807, 2.05) is 26.8 Å². The molecule has 4 nitrogen and oxygen atoms in total. The van der Waals surface area contributed by atoms with E-state index in [1.165, 1.54) is 0 Å². The zero-order valence-corrected chi connectivity index (χ0v) is 8.28. The second kappa shape index (κ2) is 6.21. The monoisotopic (exact) mass is 181 g/mol. The first kappa shape index (κ1) is 11.7. The van der Waals surface area contributed by atoms with Crippen LogP contribution in [0.15, 0.2) is 6.20 Å². The highest BCUT2D eigenvalue weighted by Gasteiger charge is 2.01. The molecule has 0 aliphatic rings. The van der Waals surface area contributed by atoms with Crippen LogP contribution >= 0.6 is 0 Å². The SMILES string of the molecule is CC.Cc1cn(CCO)nc1C#N. The van der Waals surface area contributed by atoms with Crippen molar-refractivity contribution in [3.8, 4) is 6.07 Å². The molecule has 0 aliphatic heterocycles. The quantitative estimate of drug-likeness (QED) is 0.742. The van der Waals surface area contributed by atoms with Gasteiger partial charge >= 0.3 is 0 Å². The summed E-state index contributed by atoms with van der Waals surface area (Å²) in [6, 6.07) is 1.96. The molecule has 0 atom stereocenters. The summed E-state index contributed by atoms with van der Waals surface area (Å²) < 4.78 is 1.56. The van der Waals surface area contributed by atoms with Crippen molar-refractivity contribution >= 4 is 0 Å². The van der Waals surface area contributed by atoms with E-state index in [0.717, 1.165) is 5.56 Å². The zero-order valence-electron chi connectivity index (χ0n) is 8.28. The molecule has 0 spiro atoms. The van der Waals surface area contributed by atoms with Crippen LogP contribution in [0.1, 0.15) is 25.1 Å². The van der Waals surface area contributed by atoms with Gasteiger partial charge < -0.3 is 5.11 Å². The fourth-order valence-corrected chi connectivity index (χ4v) is 0.848. The molecule has 0 amide bonds. The third-order valence-corrected chi connectivity index (χ3v) is 1.38. The van der Waals surface area contributed by atoms with Gasteiger partial charge in [-0.05, 0) is 6.92 Å². The maximum Gasteiger partial charge on any atom is 0.165 e. The molecule has 1 aromatic rings. The Bertz CT molecular complexity index is 286. The average molecular weight is 181 g/mol. The molecule has 0 aromatic carbocycles. The van der Waals surface area contributed by atoms with Crippen LogP contribution in [-0.2, 0) is 6.54 Å². The van der Waals surface area contributed by atoms with Crippen LogP contribution in [0.3, 0.4) is 0 Å². The molecule has 72 valence electrons. The van der Waals surface area contributed by atoms with E-state index < -0.39 is 0 Å². The normalized spacial score (nSPS) is 8.54. The van der Waals surface area contributed by atoms with Crippen LogP contribution in [0.25, 0.3) is 0 Å². The van der Waals surface area contributed by atoms with Crippen LogP contribution in [-0.4, -0.2) is 21.5 Å². The van der Waals surface area contributed by atoms with Gasteiger partial charge in [0.05, 0.1) is 13.2 Å².